The molecule has 9 heteroatoms. The zero-order valence-electron chi connectivity index (χ0n) is 26.5. The maximum Gasteiger partial charge on any atom is 0.270 e. The van der Waals surface area contributed by atoms with E-state index in [1.807, 2.05) is 82.3 Å². The number of hydrazine groups is 1. The van der Waals surface area contributed by atoms with E-state index in [9.17, 15) is 24.5 Å². The number of nitro groups is 1. The molecule has 1 amide bonds. The summed E-state index contributed by atoms with van der Waals surface area (Å²) in [6, 6.07) is 22.8. The van der Waals surface area contributed by atoms with Gasteiger partial charge in [-0.1, -0.05) is 70.2 Å². The van der Waals surface area contributed by atoms with Crippen molar-refractivity contribution in [1.82, 2.24) is 10.4 Å². The summed E-state index contributed by atoms with van der Waals surface area (Å²) in [5.74, 6) is -0.499. The number of nitrogens with one attached hydrogen (secondary N) is 1. The van der Waals surface area contributed by atoms with E-state index in [1.54, 1.807) is 5.01 Å². The molecule has 0 radical (unpaired) electrons. The van der Waals surface area contributed by atoms with Crippen molar-refractivity contribution in [2.45, 2.75) is 65.9 Å². The Balaban J connectivity index is 1.42. The fraction of sp³-hybridized carbons (Fsp3) is 0.324. The smallest absolute Gasteiger partial charge is 0.270 e. The SMILES string of the molecule is CC1(C)CC(=O)C2=C(C1)N(NC(=O)c1ccc([N+](=O)[O-])cc1)C1=C(C(=O)CC(C)(C)C1)C2c1ccc(OCc2ccccc2)cc1. The molecule has 1 heterocycles. The van der Waals surface area contributed by atoms with Crippen LogP contribution in [0, 0.1) is 20.9 Å². The van der Waals surface area contributed by atoms with Crippen LogP contribution in [0.15, 0.2) is 101 Å². The van der Waals surface area contributed by atoms with Gasteiger partial charge in [0, 0.05) is 59.0 Å². The Kier molecular flexibility index (Phi) is 7.88. The Labute approximate surface area is 268 Å². The number of ketones is 2. The van der Waals surface area contributed by atoms with E-state index in [2.05, 4.69) is 5.43 Å². The number of hydrogen-bond acceptors (Lipinski definition) is 7. The maximum atomic E-state index is 14.0. The Morgan fingerprint density at radius 2 is 1.37 bits per heavy atom. The largest absolute Gasteiger partial charge is 0.489 e. The predicted molar refractivity (Wildman–Crippen MR) is 172 cm³/mol. The van der Waals surface area contributed by atoms with Crippen LogP contribution >= 0.6 is 0 Å². The average Bonchev–Trinajstić information content (AvgIpc) is 3.00. The number of carbonyl (C=O) groups excluding carboxylic acids is 3. The van der Waals surface area contributed by atoms with Crippen molar-refractivity contribution in [2.75, 3.05) is 0 Å². The molecule has 0 fully saturated rings. The maximum absolute atomic E-state index is 14.0. The minimum absolute atomic E-state index is 0.0561. The summed E-state index contributed by atoms with van der Waals surface area (Å²) >= 11 is 0. The Bertz CT molecular complexity index is 1730. The fourth-order valence-electron chi connectivity index (χ4n) is 6.83. The second kappa shape index (κ2) is 11.7. The third kappa shape index (κ3) is 6.09. The van der Waals surface area contributed by atoms with Crippen molar-refractivity contribution >= 4 is 23.2 Å². The first-order valence-corrected chi connectivity index (χ1v) is 15.5. The van der Waals surface area contributed by atoms with Gasteiger partial charge >= 0.3 is 0 Å². The normalized spacial score (nSPS) is 19.0. The number of rotatable bonds is 7. The predicted octanol–water partition coefficient (Wildman–Crippen LogP) is 7.20. The number of benzene rings is 3. The third-order valence-corrected chi connectivity index (χ3v) is 8.93. The van der Waals surface area contributed by atoms with Crippen molar-refractivity contribution in [3.63, 3.8) is 0 Å². The van der Waals surface area contributed by atoms with Gasteiger partial charge in [-0.2, -0.15) is 0 Å². The summed E-state index contributed by atoms with van der Waals surface area (Å²) in [6.45, 7) is 8.52. The quantitative estimate of drug-likeness (QED) is 0.219. The summed E-state index contributed by atoms with van der Waals surface area (Å²) < 4.78 is 6.02. The molecule has 0 aromatic heterocycles. The van der Waals surface area contributed by atoms with Gasteiger partial charge in [0.15, 0.2) is 11.6 Å². The molecule has 0 spiro atoms. The first-order valence-electron chi connectivity index (χ1n) is 15.5. The highest BCUT2D eigenvalue weighted by atomic mass is 16.6. The van der Waals surface area contributed by atoms with Crippen molar-refractivity contribution in [3.8, 4) is 5.75 Å². The van der Waals surface area contributed by atoms with E-state index in [0.29, 0.717) is 60.6 Å². The van der Waals surface area contributed by atoms with E-state index in [-0.39, 0.29) is 33.6 Å². The highest BCUT2D eigenvalue weighted by Crippen LogP contribution is 2.54. The van der Waals surface area contributed by atoms with Crippen molar-refractivity contribution in [2.24, 2.45) is 10.8 Å². The molecule has 1 aliphatic heterocycles. The van der Waals surface area contributed by atoms with Crippen LogP contribution in [0.4, 0.5) is 5.69 Å². The van der Waals surface area contributed by atoms with Crippen molar-refractivity contribution in [1.29, 1.82) is 0 Å². The first-order chi connectivity index (χ1) is 21.8. The average molecular weight is 620 g/mol. The van der Waals surface area contributed by atoms with E-state index in [1.165, 1.54) is 24.3 Å². The molecular weight excluding hydrogens is 582 g/mol. The van der Waals surface area contributed by atoms with Crippen LogP contribution < -0.4 is 10.2 Å². The molecule has 0 saturated heterocycles. The van der Waals surface area contributed by atoms with Gasteiger partial charge in [0.25, 0.3) is 11.6 Å². The topological polar surface area (TPSA) is 119 Å². The molecule has 46 heavy (non-hydrogen) atoms. The van der Waals surface area contributed by atoms with E-state index in [0.717, 1.165) is 11.1 Å². The zero-order chi connectivity index (χ0) is 32.8. The number of nitrogens with zero attached hydrogens (tertiary/aromatic N) is 2. The highest BCUT2D eigenvalue weighted by molar-refractivity contribution is 6.07. The second-order valence-electron chi connectivity index (χ2n) is 14.0. The first kappa shape index (κ1) is 31.0. The molecule has 3 aromatic rings. The molecule has 6 rings (SSSR count). The fourth-order valence-corrected chi connectivity index (χ4v) is 6.83. The molecule has 0 bridgehead atoms. The van der Waals surface area contributed by atoms with Gasteiger partial charge in [0.1, 0.15) is 12.4 Å². The molecule has 3 aromatic carbocycles. The number of amides is 1. The molecule has 0 saturated carbocycles. The van der Waals surface area contributed by atoms with Crippen LogP contribution in [0.1, 0.15) is 80.8 Å². The van der Waals surface area contributed by atoms with E-state index >= 15 is 0 Å². The Morgan fingerprint density at radius 1 is 0.826 bits per heavy atom. The van der Waals surface area contributed by atoms with E-state index in [4.69, 9.17) is 4.74 Å². The number of hydrogen-bond donors (Lipinski definition) is 1. The lowest BCUT2D eigenvalue weighted by Gasteiger charge is -2.48. The lowest BCUT2D eigenvalue weighted by molar-refractivity contribution is -0.384. The molecule has 236 valence electrons. The number of non-ortho nitro benzene ring substituents is 1. The summed E-state index contributed by atoms with van der Waals surface area (Å²) in [4.78, 5) is 52.4. The standard InChI is InChI=1S/C37H37N3O6/c1-36(2)18-28-33(30(41)20-36)32(24-12-16-27(17-13-24)46-22-23-8-6-5-7-9-23)34-29(19-37(3,4)21-31(34)42)39(28)38-35(43)25-10-14-26(15-11-25)40(44)45/h5-17,32H,18-22H2,1-4H3,(H,38,43). The Morgan fingerprint density at radius 3 is 1.89 bits per heavy atom. The van der Waals surface area contributed by atoms with Crippen LogP contribution in [0.25, 0.3) is 0 Å². The van der Waals surface area contributed by atoms with Gasteiger partial charge in [-0.15, -0.1) is 0 Å². The summed E-state index contributed by atoms with van der Waals surface area (Å²) in [5, 5.41) is 12.8. The van der Waals surface area contributed by atoms with E-state index < -0.39 is 16.7 Å². The van der Waals surface area contributed by atoms with Crippen LogP contribution in [0.5, 0.6) is 5.75 Å². The number of carbonyl (C=O) groups is 3. The highest BCUT2D eigenvalue weighted by Gasteiger charge is 2.49. The van der Waals surface area contributed by atoms with Crippen LogP contribution in [-0.4, -0.2) is 27.4 Å². The van der Waals surface area contributed by atoms with Crippen LogP contribution in [0.3, 0.4) is 0 Å². The van der Waals surface area contributed by atoms with Gasteiger partial charge < -0.3 is 4.74 Å². The van der Waals surface area contributed by atoms with Crippen LogP contribution in [0.2, 0.25) is 0 Å². The minimum Gasteiger partial charge on any atom is -0.489 e. The molecular formula is C37H37N3O6. The molecule has 0 atom stereocenters. The third-order valence-electron chi connectivity index (χ3n) is 8.93. The molecule has 1 N–H and O–H groups in total. The number of nitro benzene ring substituents is 1. The summed E-state index contributed by atoms with van der Waals surface area (Å²) in [6.07, 6.45) is 1.64. The number of allylic oxidation sites excluding steroid dienone is 4. The van der Waals surface area contributed by atoms with Gasteiger partial charge in [-0.25, -0.2) is 0 Å². The lowest BCUT2D eigenvalue weighted by Crippen LogP contribution is -2.50. The molecule has 3 aliphatic rings. The van der Waals surface area contributed by atoms with Crippen molar-refractivity contribution in [3.05, 3.63) is 128 Å². The second-order valence-corrected chi connectivity index (χ2v) is 14.0. The molecule has 2 aliphatic carbocycles. The summed E-state index contributed by atoms with van der Waals surface area (Å²) in [7, 11) is 0. The lowest BCUT2D eigenvalue weighted by atomic mass is 9.64. The molecule has 0 unspecified atom stereocenters. The monoisotopic (exact) mass is 619 g/mol. The van der Waals surface area contributed by atoms with Crippen LogP contribution in [-0.2, 0) is 16.2 Å². The minimum atomic E-state index is -0.576. The van der Waals surface area contributed by atoms with Crippen molar-refractivity contribution < 1.29 is 24.0 Å². The zero-order valence-corrected chi connectivity index (χ0v) is 26.5. The number of Topliss-reactive ketones (excluding diaryl/α,β-unsaturated/α-hetero) is 2. The Hall–Kier alpha value is -5.05. The van der Waals surface area contributed by atoms with Gasteiger partial charge in [0.05, 0.1) is 4.92 Å². The van der Waals surface area contributed by atoms with Gasteiger partial charge in [0.2, 0.25) is 0 Å². The van der Waals surface area contributed by atoms with Gasteiger partial charge in [-0.05, 0) is 59.1 Å². The number of ether oxygens (including phenoxy) is 1. The summed E-state index contributed by atoms with van der Waals surface area (Å²) in [5.41, 5.74) is 6.60. The van der Waals surface area contributed by atoms with Gasteiger partial charge in [-0.3, -0.25) is 34.9 Å². The molecule has 9 nitrogen and oxygen atoms in total.